The molecule has 94 valence electrons. The summed E-state index contributed by atoms with van der Waals surface area (Å²) in [7, 11) is 0. The van der Waals surface area contributed by atoms with E-state index in [-0.39, 0.29) is 6.61 Å². The van der Waals surface area contributed by atoms with Crippen LogP contribution in [0.25, 0.3) is 0 Å². The average Bonchev–Trinajstić information content (AvgIpc) is 2.34. The minimum absolute atomic E-state index is 0.311. The smallest absolute Gasteiger partial charge is 0.341 e. The summed E-state index contributed by atoms with van der Waals surface area (Å²) in [6, 6.07) is 7.81. The van der Waals surface area contributed by atoms with Gasteiger partial charge in [-0.1, -0.05) is 19.9 Å². The monoisotopic (exact) mass is 237 g/mol. The van der Waals surface area contributed by atoms with Crippen molar-refractivity contribution in [1.29, 1.82) is 0 Å². The van der Waals surface area contributed by atoms with Gasteiger partial charge in [0.05, 0.1) is 0 Å². The average molecular weight is 237 g/mol. The van der Waals surface area contributed by atoms with Crippen LogP contribution in [-0.2, 0) is 4.79 Å². The minimum Gasteiger partial charge on any atom is -0.482 e. The third-order valence-corrected chi connectivity index (χ3v) is 2.55. The fourth-order valence-electron chi connectivity index (χ4n) is 1.55. The first-order valence-corrected chi connectivity index (χ1v) is 5.86. The van der Waals surface area contributed by atoms with Gasteiger partial charge in [-0.05, 0) is 25.0 Å². The number of hydrogen-bond acceptors (Lipinski definition) is 3. The molecule has 0 unspecified atom stereocenters. The van der Waals surface area contributed by atoms with E-state index in [0.29, 0.717) is 11.8 Å². The zero-order chi connectivity index (χ0) is 12.7. The molecule has 0 spiro atoms. The van der Waals surface area contributed by atoms with Crippen LogP contribution in [0.4, 0.5) is 5.69 Å². The van der Waals surface area contributed by atoms with Crippen molar-refractivity contribution in [3.63, 3.8) is 0 Å². The number of carbonyl (C=O) groups is 1. The molecule has 0 fully saturated rings. The Morgan fingerprint density at radius 1 is 1.41 bits per heavy atom. The third-order valence-electron chi connectivity index (χ3n) is 2.55. The molecule has 0 saturated carbocycles. The number of carboxylic acid groups (broad SMARTS) is 1. The van der Waals surface area contributed by atoms with E-state index in [4.69, 9.17) is 9.84 Å². The van der Waals surface area contributed by atoms with E-state index in [1.54, 1.807) is 6.07 Å². The number of benzene rings is 1. The molecule has 1 aromatic carbocycles. The SMILES string of the molecule is CCC(CC)Nc1cccc(OCC(=O)O)c1. The van der Waals surface area contributed by atoms with E-state index >= 15 is 0 Å². The Labute approximate surface area is 102 Å². The van der Waals surface area contributed by atoms with Gasteiger partial charge in [0.2, 0.25) is 0 Å². The molecule has 0 bridgehead atoms. The van der Waals surface area contributed by atoms with E-state index < -0.39 is 5.97 Å². The maximum absolute atomic E-state index is 10.4. The molecular formula is C13H19NO3. The Bertz CT molecular complexity index is 361. The molecule has 0 aromatic heterocycles. The molecule has 1 aromatic rings. The summed E-state index contributed by atoms with van der Waals surface area (Å²) in [5.41, 5.74) is 0.960. The Hall–Kier alpha value is -1.71. The molecule has 0 radical (unpaired) electrons. The van der Waals surface area contributed by atoms with Gasteiger partial charge < -0.3 is 15.2 Å². The Morgan fingerprint density at radius 2 is 2.12 bits per heavy atom. The number of carboxylic acids is 1. The second-order valence-electron chi connectivity index (χ2n) is 3.87. The van der Waals surface area contributed by atoms with Crippen molar-refractivity contribution in [1.82, 2.24) is 0 Å². The highest BCUT2D eigenvalue weighted by Gasteiger charge is 2.04. The van der Waals surface area contributed by atoms with E-state index in [1.807, 2.05) is 18.2 Å². The predicted octanol–water partition coefficient (Wildman–Crippen LogP) is 2.75. The molecule has 4 nitrogen and oxygen atoms in total. The molecule has 1 rings (SSSR count). The summed E-state index contributed by atoms with van der Waals surface area (Å²) < 4.78 is 5.12. The van der Waals surface area contributed by atoms with Crippen molar-refractivity contribution < 1.29 is 14.6 Å². The van der Waals surface area contributed by atoms with Crippen molar-refractivity contribution in [2.24, 2.45) is 0 Å². The van der Waals surface area contributed by atoms with Crippen LogP contribution in [-0.4, -0.2) is 23.7 Å². The van der Waals surface area contributed by atoms with Crippen LogP contribution in [0.3, 0.4) is 0 Å². The molecule has 0 aliphatic carbocycles. The summed E-state index contributed by atoms with van der Waals surface area (Å²) in [6.07, 6.45) is 2.10. The van der Waals surface area contributed by atoms with Crippen molar-refractivity contribution in [3.8, 4) is 5.75 Å². The molecular weight excluding hydrogens is 218 g/mol. The first-order valence-electron chi connectivity index (χ1n) is 5.86. The predicted molar refractivity (Wildman–Crippen MR) is 67.6 cm³/mol. The van der Waals surface area contributed by atoms with Crippen LogP contribution in [0.2, 0.25) is 0 Å². The quantitative estimate of drug-likeness (QED) is 0.765. The number of nitrogens with one attached hydrogen (secondary N) is 1. The summed E-state index contributed by atoms with van der Waals surface area (Å²) >= 11 is 0. The standard InChI is InChI=1S/C13H19NO3/c1-3-10(4-2)14-11-6-5-7-12(8-11)17-9-13(15)16/h5-8,10,14H,3-4,9H2,1-2H3,(H,15,16). The lowest BCUT2D eigenvalue weighted by molar-refractivity contribution is -0.139. The van der Waals surface area contributed by atoms with Crippen molar-refractivity contribution in [3.05, 3.63) is 24.3 Å². The van der Waals surface area contributed by atoms with Crippen molar-refractivity contribution >= 4 is 11.7 Å². The highest BCUT2D eigenvalue weighted by molar-refractivity contribution is 5.68. The van der Waals surface area contributed by atoms with Crippen LogP contribution in [0.5, 0.6) is 5.75 Å². The van der Waals surface area contributed by atoms with Gasteiger partial charge in [0, 0.05) is 17.8 Å². The molecule has 0 aliphatic rings. The normalized spacial score (nSPS) is 10.3. The summed E-state index contributed by atoms with van der Waals surface area (Å²) in [5, 5.41) is 11.9. The summed E-state index contributed by atoms with van der Waals surface area (Å²) in [4.78, 5) is 10.4. The highest BCUT2D eigenvalue weighted by Crippen LogP contribution is 2.19. The summed E-state index contributed by atoms with van der Waals surface area (Å²) in [5.74, 6) is -0.397. The molecule has 4 heteroatoms. The van der Waals surface area contributed by atoms with Crippen LogP contribution < -0.4 is 10.1 Å². The van der Waals surface area contributed by atoms with Crippen LogP contribution in [0.1, 0.15) is 26.7 Å². The number of ether oxygens (including phenoxy) is 1. The van der Waals surface area contributed by atoms with Crippen LogP contribution >= 0.6 is 0 Å². The van der Waals surface area contributed by atoms with E-state index in [1.165, 1.54) is 0 Å². The lowest BCUT2D eigenvalue weighted by Crippen LogP contribution is -2.17. The van der Waals surface area contributed by atoms with Gasteiger partial charge in [0.1, 0.15) is 5.75 Å². The lowest BCUT2D eigenvalue weighted by Gasteiger charge is -2.16. The Morgan fingerprint density at radius 3 is 2.71 bits per heavy atom. The van der Waals surface area contributed by atoms with Crippen LogP contribution in [0.15, 0.2) is 24.3 Å². The van der Waals surface area contributed by atoms with Gasteiger partial charge in [-0.2, -0.15) is 0 Å². The van der Waals surface area contributed by atoms with Gasteiger partial charge in [-0.25, -0.2) is 4.79 Å². The van der Waals surface area contributed by atoms with Crippen molar-refractivity contribution in [2.75, 3.05) is 11.9 Å². The number of anilines is 1. The molecule has 0 amide bonds. The van der Waals surface area contributed by atoms with Gasteiger partial charge in [-0.15, -0.1) is 0 Å². The van der Waals surface area contributed by atoms with Gasteiger partial charge in [0.15, 0.2) is 6.61 Å². The molecule has 0 atom stereocenters. The third kappa shape index (κ3) is 4.76. The van der Waals surface area contributed by atoms with Crippen LogP contribution in [0, 0.1) is 0 Å². The maximum Gasteiger partial charge on any atom is 0.341 e. The molecule has 17 heavy (non-hydrogen) atoms. The van der Waals surface area contributed by atoms with E-state index in [0.717, 1.165) is 18.5 Å². The summed E-state index contributed by atoms with van der Waals surface area (Å²) in [6.45, 7) is 3.95. The van der Waals surface area contributed by atoms with E-state index in [9.17, 15) is 4.79 Å². The Kier molecular flexibility index (Phi) is 5.33. The second kappa shape index (κ2) is 6.78. The van der Waals surface area contributed by atoms with Gasteiger partial charge >= 0.3 is 5.97 Å². The first-order chi connectivity index (χ1) is 8.15. The number of rotatable bonds is 7. The largest absolute Gasteiger partial charge is 0.482 e. The zero-order valence-corrected chi connectivity index (χ0v) is 10.3. The van der Waals surface area contributed by atoms with Crippen molar-refractivity contribution in [2.45, 2.75) is 32.7 Å². The lowest BCUT2D eigenvalue weighted by atomic mass is 10.1. The van der Waals surface area contributed by atoms with E-state index in [2.05, 4.69) is 19.2 Å². The Balaban J connectivity index is 2.61. The molecule has 2 N–H and O–H groups in total. The first kappa shape index (κ1) is 13.4. The zero-order valence-electron chi connectivity index (χ0n) is 10.3. The fraction of sp³-hybridized carbons (Fsp3) is 0.462. The second-order valence-corrected chi connectivity index (χ2v) is 3.87. The van der Waals surface area contributed by atoms with Gasteiger partial charge in [0.25, 0.3) is 0 Å². The molecule has 0 heterocycles. The minimum atomic E-state index is -0.969. The molecule has 0 aliphatic heterocycles. The number of aliphatic carboxylic acids is 1. The molecule has 0 saturated heterocycles. The highest BCUT2D eigenvalue weighted by atomic mass is 16.5. The van der Waals surface area contributed by atoms with Gasteiger partial charge in [-0.3, -0.25) is 0 Å². The number of hydrogen-bond donors (Lipinski definition) is 2. The fourth-order valence-corrected chi connectivity index (χ4v) is 1.55. The maximum atomic E-state index is 10.4. The topological polar surface area (TPSA) is 58.6 Å².